The molecule has 2 atom stereocenters. The molecule has 9 heteroatoms. The Kier molecular flexibility index (Phi) is 10.2. The minimum absolute atomic E-state index is 0. The largest absolute Gasteiger partial charge is 0.405 e. The molecule has 26 heavy (non-hydrogen) atoms. The molecule has 1 amide bonds. The molecule has 2 fully saturated rings. The Morgan fingerprint density at radius 2 is 1.77 bits per heavy atom. The Morgan fingerprint density at radius 1 is 1.19 bits per heavy atom. The van der Waals surface area contributed by atoms with Crippen LogP contribution in [0.1, 0.15) is 45.4 Å². The summed E-state index contributed by atoms with van der Waals surface area (Å²) < 4.78 is 45.8. The minimum Gasteiger partial charge on any atom is -0.365 e. The molecule has 1 aliphatic carbocycles. The van der Waals surface area contributed by atoms with E-state index in [-0.39, 0.29) is 18.5 Å². The van der Waals surface area contributed by atoms with E-state index < -0.39 is 30.8 Å². The van der Waals surface area contributed by atoms with Gasteiger partial charge < -0.3 is 15.4 Å². The van der Waals surface area contributed by atoms with Gasteiger partial charge in [0.2, 0.25) is 5.91 Å². The maximum Gasteiger partial charge on any atom is 0.405 e. The SMILES string of the molecule is CC(OC1CCCCCC1)C(=O)NCC(N1CCNCC1)C(F)(F)F.Cl. The van der Waals surface area contributed by atoms with Crippen molar-refractivity contribution in [1.82, 2.24) is 15.5 Å². The Morgan fingerprint density at radius 3 is 2.31 bits per heavy atom. The quantitative estimate of drug-likeness (QED) is 0.671. The van der Waals surface area contributed by atoms with Gasteiger partial charge in [0, 0.05) is 32.7 Å². The third kappa shape index (κ3) is 7.58. The fourth-order valence-corrected chi connectivity index (χ4v) is 3.52. The second kappa shape index (κ2) is 11.3. The molecule has 1 heterocycles. The van der Waals surface area contributed by atoms with Crippen LogP contribution in [-0.4, -0.2) is 68.0 Å². The zero-order chi connectivity index (χ0) is 18.3. The number of nitrogens with one attached hydrogen (secondary N) is 2. The van der Waals surface area contributed by atoms with Crippen LogP contribution < -0.4 is 10.6 Å². The van der Waals surface area contributed by atoms with Gasteiger partial charge in [-0.15, -0.1) is 12.4 Å². The van der Waals surface area contributed by atoms with Crippen LogP contribution in [0.25, 0.3) is 0 Å². The van der Waals surface area contributed by atoms with E-state index in [1.165, 1.54) is 17.7 Å². The maximum atomic E-state index is 13.3. The van der Waals surface area contributed by atoms with Gasteiger partial charge >= 0.3 is 6.18 Å². The van der Waals surface area contributed by atoms with Crippen molar-refractivity contribution in [3.05, 3.63) is 0 Å². The molecule has 154 valence electrons. The van der Waals surface area contributed by atoms with Crippen molar-refractivity contribution in [1.29, 1.82) is 0 Å². The minimum atomic E-state index is -4.37. The van der Waals surface area contributed by atoms with Gasteiger partial charge in [-0.3, -0.25) is 9.69 Å². The summed E-state index contributed by atoms with van der Waals surface area (Å²) in [6.07, 6.45) is 1.31. The number of ether oxygens (including phenoxy) is 1. The van der Waals surface area contributed by atoms with Crippen molar-refractivity contribution in [3.8, 4) is 0 Å². The highest BCUT2D eigenvalue weighted by atomic mass is 35.5. The van der Waals surface area contributed by atoms with Gasteiger partial charge in [-0.25, -0.2) is 0 Å². The average Bonchev–Trinajstić information content (AvgIpc) is 2.83. The number of hydrogen-bond donors (Lipinski definition) is 2. The molecule has 0 aromatic rings. The van der Waals surface area contributed by atoms with E-state index in [1.807, 2.05) is 0 Å². The predicted molar refractivity (Wildman–Crippen MR) is 96.6 cm³/mol. The van der Waals surface area contributed by atoms with E-state index >= 15 is 0 Å². The molecule has 1 saturated heterocycles. The van der Waals surface area contributed by atoms with Crippen LogP contribution in [0.3, 0.4) is 0 Å². The van der Waals surface area contributed by atoms with Crippen molar-refractivity contribution in [2.75, 3.05) is 32.7 Å². The molecule has 0 aromatic heterocycles. The number of hydrogen-bond acceptors (Lipinski definition) is 4. The highest BCUT2D eigenvalue weighted by Gasteiger charge is 2.44. The van der Waals surface area contributed by atoms with Crippen LogP contribution in [0.15, 0.2) is 0 Å². The number of piperazine rings is 1. The number of nitrogens with zero attached hydrogens (tertiary/aromatic N) is 1. The lowest BCUT2D eigenvalue weighted by Crippen LogP contribution is -2.58. The normalized spacial score (nSPS) is 22.8. The zero-order valence-electron chi connectivity index (χ0n) is 15.3. The van der Waals surface area contributed by atoms with Crippen LogP contribution in [0.4, 0.5) is 13.2 Å². The summed E-state index contributed by atoms with van der Waals surface area (Å²) in [5, 5.41) is 5.48. The fourth-order valence-electron chi connectivity index (χ4n) is 3.52. The first-order valence-electron chi connectivity index (χ1n) is 9.32. The predicted octanol–water partition coefficient (Wildman–Crippen LogP) is 2.49. The second-order valence-electron chi connectivity index (χ2n) is 6.98. The third-order valence-electron chi connectivity index (χ3n) is 5.01. The monoisotopic (exact) mass is 401 g/mol. The molecule has 2 aliphatic rings. The van der Waals surface area contributed by atoms with E-state index in [9.17, 15) is 18.0 Å². The molecule has 0 bridgehead atoms. The van der Waals surface area contributed by atoms with Gasteiger partial charge in [0.05, 0.1) is 6.10 Å². The second-order valence-corrected chi connectivity index (χ2v) is 6.98. The fraction of sp³-hybridized carbons (Fsp3) is 0.941. The lowest BCUT2D eigenvalue weighted by molar-refractivity contribution is -0.184. The molecule has 2 unspecified atom stereocenters. The molecule has 1 aliphatic heterocycles. The van der Waals surface area contributed by atoms with E-state index in [4.69, 9.17) is 4.74 Å². The third-order valence-corrected chi connectivity index (χ3v) is 5.01. The Labute approximate surface area is 159 Å². The van der Waals surface area contributed by atoms with Crippen molar-refractivity contribution in [2.24, 2.45) is 0 Å². The summed E-state index contributed by atoms with van der Waals surface area (Å²) in [7, 11) is 0. The van der Waals surface area contributed by atoms with Gasteiger partial charge in [0.1, 0.15) is 12.1 Å². The molecule has 0 aromatic carbocycles. The van der Waals surface area contributed by atoms with Crippen molar-refractivity contribution in [2.45, 2.75) is 69.9 Å². The number of halogens is 4. The number of rotatable bonds is 6. The first-order valence-corrected chi connectivity index (χ1v) is 9.32. The topological polar surface area (TPSA) is 53.6 Å². The zero-order valence-corrected chi connectivity index (χ0v) is 16.1. The summed E-state index contributed by atoms with van der Waals surface area (Å²) in [6, 6.07) is -1.65. The number of amides is 1. The molecular formula is C17H31ClF3N3O2. The lowest BCUT2D eigenvalue weighted by atomic mass is 10.1. The summed E-state index contributed by atoms with van der Waals surface area (Å²) >= 11 is 0. The molecule has 1 saturated carbocycles. The Hall–Kier alpha value is -0.570. The standard InChI is InChI=1S/C17H30F3N3O2.ClH/c1-13(25-14-6-4-2-3-5-7-14)16(24)22-12-15(17(18,19)20)23-10-8-21-9-11-23;/h13-15,21H,2-12H2,1H3,(H,22,24);1H. The summed E-state index contributed by atoms with van der Waals surface area (Å²) in [4.78, 5) is 13.6. The highest BCUT2D eigenvalue weighted by Crippen LogP contribution is 2.25. The molecule has 0 radical (unpaired) electrons. The van der Waals surface area contributed by atoms with E-state index in [0.29, 0.717) is 26.2 Å². The molecule has 5 nitrogen and oxygen atoms in total. The van der Waals surface area contributed by atoms with Crippen molar-refractivity contribution < 1.29 is 22.7 Å². The molecule has 0 spiro atoms. The number of carbonyl (C=O) groups is 1. The van der Waals surface area contributed by atoms with E-state index in [1.54, 1.807) is 6.92 Å². The Balaban J connectivity index is 0.00000338. The van der Waals surface area contributed by atoms with Crippen LogP contribution in [0.5, 0.6) is 0 Å². The van der Waals surface area contributed by atoms with E-state index in [0.717, 1.165) is 25.7 Å². The first-order chi connectivity index (χ1) is 11.9. The number of alkyl halides is 3. The number of carbonyl (C=O) groups excluding carboxylic acids is 1. The summed E-state index contributed by atoms with van der Waals surface area (Å²) in [5.41, 5.74) is 0. The molecule has 2 rings (SSSR count). The van der Waals surface area contributed by atoms with E-state index in [2.05, 4.69) is 10.6 Å². The smallest absolute Gasteiger partial charge is 0.365 e. The van der Waals surface area contributed by atoms with Gasteiger partial charge in [-0.05, 0) is 19.8 Å². The van der Waals surface area contributed by atoms with Crippen molar-refractivity contribution >= 4 is 18.3 Å². The average molecular weight is 402 g/mol. The first kappa shape index (κ1) is 23.5. The lowest BCUT2D eigenvalue weighted by Gasteiger charge is -2.36. The molecule has 2 N–H and O–H groups in total. The van der Waals surface area contributed by atoms with Crippen molar-refractivity contribution in [3.63, 3.8) is 0 Å². The maximum absolute atomic E-state index is 13.3. The van der Waals surface area contributed by atoms with Crippen LogP contribution >= 0.6 is 12.4 Å². The molecular weight excluding hydrogens is 371 g/mol. The van der Waals surface area contributed by atoms with Gasteiger partial charge in [-0.2, -0.15) is 13.2 Å². The van der Waals surface area contributed by atoms with Crippen LogP contribution in [0.2, 0.25) is 0 Å². The summed E-state index contributed by atoms with van der Waals surface area (Å²) in [5.74, 6) is -0.464. The van der Waals surface area contributed by atoms with Gasteiger partial charge in [0.25, 0.3) is 0 Å². The van der Waals surface area contributed by atoms with Gasteiger partial charge in [0.15, 0.2) is 0 Å². The highest BCUT2D eigenvalue weighted by molar-refractivity contribution is 5.85. The summed E-state index contributed by atoms with van der Waals surface area (Å²) in [6.45, 7) is 2.90. The van der Waals surface area contributed by atoms with Crippen LogP contribution in [0, 0.1) is 0 Å². The Bertz CT molecular complexity index is 413. The van der Waals surface area contributed by atoms with Crippen LogP contribution in [-0.2, 0) is 9.53 Å². The van der Waals surface area contributed by atoms with Gasteiger partial charge in [-0.1, -0.05) is 25.7 Å².